The second kappa shape index (κ2) is 9.79. The van der Waals surface area contributed by atoms with Crippen LogP contribution in [0.2, 0.25) is 5.02 Å². The molecular formula is C19H22ClNO4. The lowest BCUT2D eigenvalue weighted by atomic mass is 10.2. The van der Waals surface area contributed by atoms with Gasteiger partial charge >= 0.3 is 0 Å². The Morgan fingerprint density at radius 2 is 1.84 bits per heavy atom. The van der Waals surface area contributed by atoms with E-state index in [0.717, 1.165) is 11.5 Å². The SMILES string of the molecule is CC[C@@H](Oc1cccc(Cl)c1)C(=O)NCCOc1ccc(OC)cc1. The molecular weight excluding hydrogens is 342 g/mol. The minimum atomic E-state index is -0.570. The number of hydrogen-bond donors (Lipinski definition) is 1. The van der Waals surface area contributed by atoms with Crippen molar-refractivity contribution in [1.82, 2.24) is 5.32 Å². The zero-order valence-corrected chi connectivity index (χ0v) is 15.1. The number of rotatable bonds is 9. The highest BCUT2D eigenvalue weighted by molar-refractivity contribution is 6.30. The third kappa shape index (κ3) is 6.19. The maximum absolute atomic E-state index is 12.2. The first-order chi connectivity index (χ1) is 12.1. The lowest BCUT2D eigenvalue weighted by molar-refractivity contribution is -0.128. The molecule has 6 heteroatoms. The van der Waals surface area contributed by atoms with E-state index in [-0.39, 0.29) is 5.91 Å². The van der Waals surface area contributed by atoms with E-state index in [9.17, 15) is 4.79 Å². The van der Waals surface area contributed by atoms with Crippen LogP contribution >= 0.6 is 11.6 Å². The van der Waals surface area contributed by atoms with E-state index in [4.69, 9.17) is 25.8 Å². The summed E-state index contributed by atoms with van der Waals surface area (Å²) in [6.45, 7) is 2.65. The number of amides is 1. The number of carbonyl (C=O) groups is 1. The molecule has 1 N–H and O–H groups in total. The van der Waals surface area contributed by atoms with Crippen LogP contribution in [0.1, 0.15) is 13.3 Å². The normalized spacial score (nSPS) is 11.5. The fraction of sp³-hybridized carbons (Fsp3) is 0.316. The smallest absolute Gasteiger partial charge is 0.261 e. The fourth-order valence-corrected chi connectivity index (χ4v) is 2.34. The molecule has 0 aliphatic carbocycles. The molecule has 0 saturated carbocycles. The maximum Gasteiger partial charge on any atom is 0.261 e. The summed E-state index contributed by atoms with van der Waals surface area (Å²) in [4.78, 5) is 12.2. The van der Waals surface area contributed by atoms with E-state index in [1.54, 1.807) is 31.4 Å². The van der Waals surface area contributed by atoms with Crippen LogP contribution in [0.3, 0.4) is 0 Å². The van der Waals surface area contributed by atoms with Crippen molar-refractivity contribution in [2.24, 2.45) is 0 Å². The minimum absolute atomic E-state index is 0.180. The van der Waals surface area contributed by atoms with Gasteiger partial charge in [0.2, 0.25) is 0 Å². The van der Waals surface area contributed by atoms with Crippen LogP contribution in [-0.4, -0.2) is 32.3 Å². The highest BCUT2D eigenvalue weighted by Gasteiger charge is 2.17. The van der Waals surface area contributed by atoms with Crippen molar-refractivity contribution in [3.8, 4) is 17.2 Å². The summed E-state index contributed by atoms with van der Waals surface area (Å²) in [6.07, 6.45) is -0.0167. The lowest BCUT2D eigenvalue weighted by Gasteiger charge is -2.17. The molecule has 0 spiro atoms. The first-order valence-corrected chi connectivity index (χ1v) is 8.47. The number of halogens is 1. The van der Waals surface area contributed by atoms with Gasteiger partial charge in [0.05, 0.1) is 13.7 Å². The molecule has 1 atom stereocenters. The van der Waals surface area contributed by atoms with Crippen LogP contribution in [0.15, 0.2) is 48.5 Å². The molecule has 0 aliphatic rings. The number of hydrogen-bond acceptors (Lipinski definition) is 4. The van der Waals surface area contributed by atoms with Crippen molar-refractivity contribution in [2.45, 2.75) is 19.4 Å². The van der Waals surface area contributed by atoms with Gasteiger partial charge in [0.25, 0.3) is 5.91 Å². The van der Waals surface area contributed by atoms with Gasteiger partial charge in [-0.3, -0.25) is 4.79 Å². The van der Waals surface area contributed by atoms with E-state index in [1.165, 1.54) is 0 Å². The molecule has 2 rings (SSSR count). The van der Waals surface area contributed by atoms with Crippen molar-refractivity contribution in [2.75, 3.05) is 20.3 Å². The Morgan fingerprint density at radius 3 is 2.48 bits per heavy atom. The van der Waals surface area contributed by atoms with Gasteiger partial charge < -0.3 is 19.5 Å². The van der Waals surface area contributed by atoms with Crippen LogP contribution < -0.4 is 19.5 Å². The predicted molar refractivity (Wildman–Crippen MR) is 97.7 cm³/mol. The van der Waals surface area contributed by atoms with Crippen molar-refractivity contribution in [3.05, 3.63) is 53.6 Å². The van der Waals surface area contributed by atoms with E-state index in [0.29, 0.717) is 30.3 Å². The summed E-state index contributed by atoms with van der Waals surface area (Å²) in [6, 6.07) is 14.3. The van der Waals surface area contributed by atoms with Crippen LogP contribution in [-0.2, 0) is 4.79 Å². The standard InChI is InChI=1S/C19H22ClNO4/c1-3-18(25-17-6-4-5-14(20)13-17)19(22)21-11-12-24-16-9-7-15(23-2)8-10-16/h4-10,13,18H,3,11-12H2,1-2H3,(H,21,22)/t18-/m1/s1. The number of methoxy groups -OCH3 is 1. The minimum Gasteiger partial charge on any atom is -0.497 e. The molecule has 0 aliphatic heterocycles. The topological polar surface area (TPSA) is 56.8 Å². The van der Waals surface area contributed by atoms with Crippen molar-refractivity contribution < 1.29 is 19.0 Å². The Labute approximate surface area is 152 Å². The van der Waals surface area contributed by atoms with Gasteiger partial charge in [0.15, 0.2) is 6.10 Å². The number of carbonyl (C=O) groups excluding carboxylic acids is 1. The van der Waals surface area contributed by atoms with Crippen LogP contribution in [0.25, 0.3) is 0 Å². The molecule has 0 heterocycles. The molecule has 0 saturated heterocycles. The fourth-order valence-electron chi connectivity index (χ4n) is 2.16. The quantitative estimate of drug-likeness (QED) is 0.690. The highest BCUT2D eigenvalue weighted by atomic mass is 35.5. The summed E-state index contributed by atoms with van der Waals surface area (Å²) in [5, 5.41) is 3.38. The molecule has 25 heavy (non-hydrogen) atoms. The number of ether oxygens (including phenoxy) is 3. The molecule has 2 aromatic rings. The average molecular weight is 364 g/mol. The number of nitrogens with one attached hydrogen (secondary N) is 1. The summed E-state index contributed by atoms with van der Waals surface area (Å²) in [7, 11) is 1.61. The highest BCUT2D eigenvalue weighted by Crippen LogP contribution is 2.19. The van der Waals surface area contributed by atoms with Crippen molar-refractivity contribution >= 4 is 17.5 Å². The van der Waals surface area contributed by atoms with E-state index in [1.807, 2.05) is 31.2 Å². The van der Waals surface area contributed by atoms with Crippen molar-refractivity contribution in [1.29, 1.82) is 0 Å². The van der Waals surface area contributed by atoms with Gasteiger partial charge in [-0.05, 0) is 48.9 Å². The van der Waals surface area contributed by atoms with Gasteiger partial charge in [-0.1, -0.05) is 24.6 Å². The first-order valence-electron chi connectivity index (χ1n) is 8.09. The molecule has 0 unspecified atom stereocenters. The Balaban J connectivity index is 1.75. The molecule has 2 aromatic carbocycles. The summed E-state index contributed by atoms with van der Waals surface area (Å²) in [5.74, 6) is 1.88. The second-order valence-electron chi connectivity index (χ2n) is 5.29. The van der Waals surface area contributed by atoms with E-state index in [2.05, 4.69) is 5.32 Å². The van der Waals surface area contributed by atoms with Crippen molar-refractivity contribution in [3.63, 3.8) is 0 Å². The Bertz CT molecular complexity index is 675. The maximum atomic E-state index is 12.2. The summed E-state index contributed by atoms with van der Waals surface area (Å²) >= 11 is 5.93. The lowest BCUT2D eigenvalue weighted by Crippen LogP contribution is -2.39. The Morgan fingerprint density at radius 1 is 1.12 bits per heavy atom. The van der Waals surface area contributed by atoms with Gasteiger partial charge in [0.1, 0.15) is 23.9 Å². The average Bonchev–Trinajstić information content (AvgIpc) is 2.63. The zero-order chi connectivity index (χ0) is 18.1. The van der Waals surface area contributed by atoms with Crippen LogP contribution in [0.5, 0.6) is 17.2 Å². The molecule has 0 bridgehead atoms. The molecule has 0 aromatic heterocycles. The molecule has 5 nitrogen and oxygen atoms in total. The summed E-state index contributed by atoms with van der Waals surface area (Å²) < 4.78 is 16.4. The Hall–Kier alpha value is -2.40. The molecule has 0 radical (unpaired) electrons. The van der Waals surface area contributed by atoms with Crippen LogP contribution in [0, 0.1) is 0 Å². The number of benzene rings is 2. The first kappa shape index (κ1) is 18.9. The molecule has 1 amide bonds. The van der Waals surface area contributed by atoms with E-state index >= 15 is 0 Å². The monoisotopic (exact) mass is 363 g/mol. The van der Waals surface area contributed by atoms with E-state index < -0.39 is 6.10 Å². The third-order valence-corrected chi connectivity index (χ3v) is 3.70. The molecule has 0 fully saturated rings. The van der Waals surface area contributed by atoms with Crippen LogP contribution in [0.4, 0.5) is 0 Å². The largest absolute Gasteiger partial charge is 0.497 e. The van der Waals surface area contributed by atoms with Gasteiger partial charge in [-0.25, -0.2) is 0 Å². The van der Waals surface area contributed by atoms with Gasteiger partial charge in [0, 0.05) is 5.02 Å². The van der Waals surface area contributed by atoms with Gasteiger partial charge in [-0.15, -0.1) is 0 Å². The molecule has 134 valence electrons. The second-order valence-corrected chi connectivity index (χ2v) is 5.72. The summed E-state index contributed by atoms with van der Waals surface area (Å²) in [5.41, 5.74) is 0. The Kier molecular flexibility index (Phi) is 7.41. The van der Waals surface area contributed by atoms with Gasteiger partial charge in [-0.2, -0.15) is 0 Å². The predicted octanol–water partition coefficient (Wildman–Crippen LogP) is 3.70. The zero-order valence-electron chi connectivity index (χ0n) is 14.3. The third-order valence-electron chi connectivity index (χ3n) is 3.47.